The van der Waals surface area contributed by atoms with Crippen molar-refractivity contribution in [3.8, 4) is 0 Å². The van der Waals surface area contributed by atoms with E-state index in [-0.39, 0.29) is 40.5 Å². The number of azide groups is 1. The molecule has 4 atom stereocenters. The average molecular weight is 567 g/mol. The van der Waals surface area contributed by atoms with Gasteiger partial charge in [0.15, 0.2) is 6.23 Å². The number of nitrogens with zero attached hydrogens (tertiary/aromatic N) is 5. The maximum Gasteiger partial charge on any atom is 0.351 e. The highest BCUT2D eigenvalue weighted by Gasteiger charge is 2.64. The molecule has 38 heavy (non-hydrogen) atoms. The van der Waals surface area contributed by atoms with Gasteiger partial charge in [-0.2, -0.15) is 4.98 Å². The standard InChI is InChI=1S/C24H42N6O6Si2/c1-14(2)37(15(3)4)33-13-19-21(35-38(36-37,16(5)6)17(7)8)24(10,28-29-25)22(34-19)30-12-11-20(26-18(9)31)27-23(30)32/h11-12,14-17,19,21-22H,13H2,1-10H3,(H,26,27,31,32)/t19-,21-,22-,24-/m1/s1. The predicted molar refractivity (Wildman–Crippen MR) is 148 cm³/mol. The Labute approximate surface area is 226 Å². The van der Waals surface area contributed by atoms with Crippen LogP contribution >= 0.6 is 0 Å². The highest BCUT2D eigenvalue weighted by molar-refractivity contribution is 6.84. The summed E-state index contributed by atoms with van der Waals surface area (Å²) in [6, 6.07) is 1.50. The summed E-state index contributed by atoms with van der Waals surface area (Å²) in [7, 11) is -5.84. The molecule has 1 amide bonds. The van der Waals surface area contributed by atoms with E-state index in [1.807, 2.05) is 0 Å². The number of carbonyl (C=O) groups excluding carboxylic acids is 1. The first kappa shape index (κ1) is 30.5. The van der Waals surface area contributed by atoms with E-state index in [9.17, 15) is 15.1 Å². The molecule has 0 saturated carbocycles. The van der Waals surface area contributed by atoms with Crippen molar-refractivity contribution in [2.24, 2.45) is 5.11 Å². The monoisotopic (exact) mass is 566 g/mol. The van der Waals surface area contributed by atoms with Crippen LogP contribution in [0.3, 0.4) is 0 Å². The molecule has 1 aromatic heterocycles. The Kier molecular flexibility index (Phi) is 8.98. The lowest BCUT2D eigenvalue weighted by Crippen LogP contribution is -2.66. The Morgan fingerprint density at radius 3 is 2.21 bits per heavy atom. The van der Waals surface area contributed by atoms with Gasteiger partial charge in [0, 0.05) is 18.0 Å². The Balaban J connectivity index is 2.18. The van der Waals surface area contributed by atoms with Crippen molar-refractivity contribution < 1.29 is 22.5 Å². The van der Waals surface area contributed by atoms with E-state index in [2.05, 4.69) is 75.7 Å². The van der Waals surface area contributed by atoms with E-state index in [0.29, 0.717) is 0 Å². The van der Waals surface area contributed by atoms with Crippen LogP contribution in [-0.2, 0) is 22.5 Å². The van der Waals surface area contributed by atoms with Crippen molar-refractivity contribution in [2.45, 2.75) is 115 Å². The fourth-order valence-corrected chi connectivity index (χ4v) is 17.0. The summed E-state index contributed by atoms with van der Waals surface area (Å²) in [5.41, 5.74) is 8.07. The second kappa shape index (κ2) is 11.2. The third-order valence-corrected chi connectivity index (χ3v) is 17.9. The molecule has 3 rings (SSSR count). The number of carbonyl (C=O) groups is 1. The van der Waals surface area contributed by atoms with Crippen LogP contribution in [0.2, 0.25) is 22.2 Å². The minimum atomic E-state index is -3.03. The Hall–Kier alpha value is -2.07. The lowest BCUT2D eigenvalue weighted by molar-refractivity contribution is -0.114. The van der Waals surface area contributed by atoms with Crippen molar-refractivity contribution in [1.82, 2.24) is 9.55 Å². The zero-order valence-electron chi connectivity index (χ0n) is 24.1. The van der Waals surface area contributed by atoms with E-state index in [4.69, 9.17) is 17.7 Å². The highest BCUT2D eigenvalue weighted by Crippen LogP contribution is 2.51. The quantitative estimate of drug-likeness (QED) is 0.208. The number of anilines is 1. The van der Waals surface area contributed by atoms with E-state index in [1.165, 1.54) is 23.8 Å². The number of rotatable bonds is 7. The molecule has 2 aliphatic rings. The molecular weight excluding hydrogens is 524 g/mol. The highest BCUT2D eigenvalue weighted by atomic mass is 28.5. The largest absolute Gasteiger partial charge is 0.414 e. The van der Waals surface area contributed by atoms with Crippen LogP contribution < -0.4 is 11.0 Å². The summed E-state index contributed by atoms with van der Waals surface area (Å²) in [6.45, 7) is 20.2. The van der Waals surface area contributed by atoms with Gasteiger partial charge in [-0.15, -0.1) is 0 Å². The maximum absolute atomic E-state index is 13.1. The second-order valence-corrected chi connectivity index (χ2v) is 20.5. The first-order valence-electron chi connectivity index (χ1n) is 13.2. The summed E-state index contributed by atoms with van der Waals surface area (Å²) >= 11 is 0. The lowest BCUT2D eigenvalue weighted by Gasteiger charge is -2.52. The van der Waals surface area contributed by atoms with Crippen molar-refractivity contribution >= 4 is 28.8 Å². The van der Waals surface area contributed by atoms with Crippen molar-refractivity contribution in [2.75, 3.05) is 11.9 Å². The van der Waals surface area contributed by atoms with E-state index < -0.39 is 46.8 Å². The summed E-state index contributed by atoms with van der Waals surface area (Å²) < 4.78 is 28.9. The van der Waals surface area contributed by atoms with Gasteiger partial charge in [0.25, 0.3) is 0 Å². The summed E-state index contributed by atoms with van der Waals surface area (Å²) in [5.74, 6) is -0.224. The SMILES string of the molecule is CC(=O)Nc1ccn([C@@H]2O[C@@H]3CO[Si](C(C)C)(C(C)C)O[Si](C(C)C)(C(C)C)O[C@H]3[C@@]2(C)N=[N+]=[N-])c(=O)n1. The van der Waals surface area contributed by atoms with Crippen molar-refractivity contribution in [3.63, 3.8) is 0 Å². The molecule has 2 saturated heterocycles. The van der Waals surface area contributed by atoms with E-state index >= 15 is 0 Å². The van der Waals surface area contributed by atoms with Crippen LogP contribution in [0, 0.1) is 0 Å². The molecule has 0 aromatic carbocycles. The molecule has 2 aliphatic heterocycles. The van der Waals surface area contributed by atoms with Gasteiger partial charge < -0.3 is 23.0 Å². The van der Waals surface area contributed by atoms with Crippen LogP contribution in [0.1, 0.15) is 75.5 Å². The Bertz CT molecular complexity index is 1120. The molecule has 2 fully saturated rings. The second-order valence-electron chi connectivity index (χ2n) is 11.6. The molecule has 0 radical (unpaired) electrons. The van der Waals surface area contributed by atoms with Crippen molar-refractivity contribution in [3.05, 3.63) is 33.2 Å². The Morgan fingerprint density at radius 2 is 1.74 bits per heavy atom. The van der Waals surface area contributed by atoms with Gasteiger partial charge in [-0.05, 0) is 40.7 Å². The zero-order chi connectivity index (χ0) is 28.6. The molecule has 3 heterocycles. The topological polar surface area (TPSA) is 150 Å². The molecule has 1 N–H and O–H groups in total. The minimum absolute atomic E-state index is 0.0601. The summed E-state index contributed by atoms with van der Waals surface area (Å²) in [5, 5.41) is 6.67. The number of aromatic nitrogens is 2. The third kappa shape index (κ3) is 5.22. The van der Waals surface area contributed by atoms with Gasteiger partial charge in [-0.25, -0.2) is 4.79 Å². The van der Waals surface area contributed by atoms with Crippen LogP contribution in [0.15, 0.2) is 22.2 Å². The number of hydrogen-bond acceptors (Lipinski definition) is 8. The summed E-state index contributed by atoms with van der Waals surface area (Å²) in [6.07, 6.45) is -0.881. The van der Waals surface area contributed by atoms with Crippen LogP contribution in [0.5, 0.6) is 0 Å². The van der Waals surface area contributed by atoms with Crippen molar-refractivity contribution in [1.29, 1.82) is 0 Å². The molecule has 0 spiro atoms. The number of ether oxygens (including phenoxy) is 1. The number of amides is 1. The molecule has 0 aliphatic carbocycles. The molecular formula is C24H42N6O6Si2. The first-order valence-corrected chi connectivity index (χ1v) is 17.2. The summed E-state index contributed by atoms with van der Waals surface area (Å²) in [4.78, 5) is 31.6. The minimum Gasteiger partial charge on any atom is -0.414 e. The Morgan fingerprint density at radius 1 is 1.16 bits per heavy atom. The molecule has 1 aromatic rings. The molecule has 0 bridgehead atoms. The van der Waals surface area contributed by atoms with E-state index in [0.717, 1.165) is 0 Å². The average Bonchev–Trinajstić information content (AvgIpc) is 3.03. The normalized spacial score (nSPS) is 28.6. The first-order chi connectivity index (χ1) is 17.6. The van der Waals surface area contributed by atoms with Crippen LogP contribution in [0.4, 0.5) is 5.82 Å². The van der Waals surface area contributed by atoms with Crippen LogP contribution in [0.25, 0.3) is 10.4 Å². The zero-order valence-corrected chi connectivity index (χ0v) is 26.1. The van der Waals surface area contributed by atoms with Gasteiger partial charge in [-0.3, -0.25) is 9.36 Å². The van der Waals surface area contributed by atoms with Crippen LogP contribution in [-0.4, -0.2) is 56.9 Å². The number of fused-ring (bicyclic) bond motifs is 1. The fraction of sp³-hybridized carbons (Fsp3) is 0.792. The molecule has 212 valence electrons. The predicted octanol–water partition coefficient (Wildman–Crippen LogP) is 5.12. The third-order valence-electron chi connectivity index (χ3n) is 7.69. The van der Waals surface area contributed by atoms with E-state index in [1.54, 1.807) is 6.92 Å². The smallest absolute Gasteiger partial charge is 0.351 e. The number of nitrogens with one attached hydrogen (secondary N) is 1. The van der Waals surface area contributed by atoms with Gasteiger partial charge in [0.2, 0.25) is 5.91 Å². The molecule has 0 unspecified atom stereocenters. The van der Waals surface area contributed by atoms with Gasteiger partial charge in [0.05, 0.1) is 12.7 Å². The van der Waals surface area contributed by atoms with Gasteiger partial charge >= 0.3 is 22.8 Å². The number of hydrogen-bond donors (Lipinski definition) is 1. The fourth-order valence-electron chi connectivity index (χ4n) is 5.73. The molecule has 14 heteroatoms. The van der Waals surface area contributed by atoms with Gasteiger partial charge in [0.1, 0.15) is 17.5 Å². The molecule has 12 nitrogen and oxygen atoms in total. The van der Waals surface area contributed by atoms with Gasteiger partial charge in [-0.1, -0.05) is 60.5 Å². The maximum atomic E-state index is 13.1. The lowest BCUT2D eigenvalue weighted by atomic mass is 9.93.